The van der Waals surface area contributed by atoms with Crippen molar-refractivity contribution in [3.8, 4) is 11.5 Å². The van der Waals surface area contributed by atoms with Gasteiger partial charge in [0, 0.05) is 10.6 Å². The van der Waals surface area contributed by atoms with Crippen LogP contribution in [0.5, 0.6) is 11.5 Å². The van der Waals surface area contributed by atoms with E-state index in [2.05, 4.69) is 10.5 Å². The van der Waals surface area contributed by atoms with Crippen LogP contribution in [-0.4, -0.2) is 19.4 Å². The molecule has 2 aromatic carbocycles. The Balaban J connectivity index is 2.15. The van der Waals surface area contributed by atoms with Gasteiger partial charge in [-0.1, -0.05) is 23.2 Å². The van der Waals surface area contributed by atoms with Crippen molar-refractivity contribution in [2.24, 2.45) is 10.8 Å². The summed E-state index contributed by atoms with van der Waals surface area (Å²) in [6.45, 7) is 0.232. The molecular formula is C16H15Cl2N3O3. The Kier molecular flexibility index (Phi) is 6.28. The maximum Gasteiger partial charge on any atom is 0.332 e. The van der Waals surface area contributed by atoms with Crippen molar-refractivity contribution in [2.75, 3.05) is 7.11 Å². The summed E-state index contributed by atoms with van der Waals surface area (Å²) in [5.74, 6) is 1.16. The fourth-order valence-corrected chi connectivity index (χ4v) is 2.37. The van der Waals surface area contributed by atoms with Crippen molar-refractivity contribution < 1.29 is 14.3 Å². The minimum Gasteiger partial charge on any atom is -0.496 e. The zero-order valence-corrected chi connectivity index (χ0v) is 14.3. The molecule has 0 atom stereocenters. The first-order valence-corrected chi connectivity index (χ1v) is 7.58. The first kappa shape index (κ1) is 17.9. The molecular weight excluding hydrogens is 353 g/mol. The van der Waals surface area contributed by atoms with Gasteiger partial charge in [-0.2, -0.15) is 5.10 Å². The zero-order chi connectivity index (χ0) is 17.5. The van der Waals surface area contributed by atoms with Gasteiger partial charge in [-0.25, -0.2) is 10.2 Å². The Labute approximate surface area is 149 Å². The summed E-state index contributed by atoms with van der Waals surface area (Å²) in [7, 11) is 1.57. The second kappa shape index (κ2) is 8.42. The molecule has 0 unspecified atom stereocenters. The molecule has 2 aromatic rings. The zero-order valence-electron chi connectivity index (χ0n) is 12.8. The van der Waals surface area contributed by atoms with E-state index in [4.69, 9.17) is 38.4 Å². The third kappa shape index (κ3) is 5.04. The molecule has 126 valence electrons. The fraction of sp³-hybridized carbons (Fsp3) is 0.125. The minimum atomic E-state index is -0.735. The van der Waals surface area contributed by atoms with Gasteiger partial charge in [-0.3, -0.25) is 0 Å². The third-order valence-electron chi connectivity index (χ3n) is 2.97. The van der Waals surface area contributed by atoms with Gasteiger partial charge >= 0.3 is 6.03 Å². The van der Waals surface area contributed by atoms with E-state index in [9.17, 15) is 4.79 Å². The molecule has 0 aliphatic rings. The summed E-state index contributed by atoms with van der Waals surface area (Å²) in [6, 6.07) is 9.62. The number of amides is 2. The number of carbonyl (C=O) groups excluding carboxylic acids is 1. The lowest BCUT2D eigenvalue weighted by Gasteiger charge is -2.12. The van der Waals surface area contributed by atoms with Gasteiger partial charge in [0.05, 0.1) is 18.3 Å². The van der Waals surface area contributed by atoms with Crippen LogP contribution >= 0.6 is 23.2 Å². The summed E-state index contributed by atoms with van der Waals surface area (Å²) in [4.78, 5) is 10.6. The molecule has 0 radical (unpaired) electrons. The molecule has 0 aliphatic carbocycles. The van der Waals surface area contributed by atoms with E-state index in [-0.39, 0.29) is 6.61 Å². The Morgan fingerprint density at radius 3 is 2.67 bits per heavy atom. The number of carbonyl (C=O) groups is 1. The van der Waals surface area contributed by atoms with Crippen LogP contribution in [0.1, 0.15) is 11.1 Å². The summed E-state index contributed by atoms with van der Waals surface area (Å²) in [5.41, 5.74) is 8.60. The van der Waals surface area contributed by atoms with Crippen LogP contribution in [-0.2, 0) is 6.61 Å². The third-order valence-corrected chi connectivity index (χ3v) is 3.50. The lowest BCUT2D eigenvalue weighted by atomic mass is 10.1. The number of hydrazone groups is 1. The van der Waals surface area contributed by atoms with Gasteiger partial charge in [-0.05, 0) is 42.0 Å². The predicted molar refractivity (Wildman–Crippen MR) is 94.1 cm³/mol. The fourth-order valence-electron chi connectivity index (χ4n) is 1.91. The van der Waals surface area contributed by atoms with Gasteiger partial charge in [-0.15, -0.1) is 0 Å². The first-order chi connectivity index (χ1) is 11.5. The average Bonchev–Trinajstić information content (AvgIpc) is 2.54. The van der Waals surface area contributed by atoms with Crippen LogP contribution in [0.25, 0.3) is 0 Å². The second-order valence-electron chi connectivity index (χ2n) is 4.67. The lowest BCUT2D eigenvalue weighted by Crippen LogP contribution is -2.24. The van der Waals surface area contributed by atoms with E-state index in [0.29, 0.717) is 21.5 Å². The molecule has 0 heterocycles. The molecule has 0 saturated carbocycles. The van der Waals surface area contributed by atoms with Gasteiger partial charge in [0.2, 0.25) is 0 Å². The SMILES string of the molecule is COc1ccc(C=NNC(N)=O)cc1COc1ccc(Cl)cc1Cl. The quantitative estimate of drug-likeness (QED) is 0.604. The van der Waals surface area contributed by atoms with Crippen LogP contribution in [0.15, 0.2) is 41.5 Å². The Morgan fingerprint density at radius 1 is 1.25 bits per heavy atom. The van der Waals surface area contributed by atoms with Gasteiger partial charge in [0.1, 0.15) is 18.1 Å². The standard InChI is InChI=1S/C16H15Cl2N3O3/c1-23-14-4-2-10(8-20-21-16(19)22)6-11(14)9-24-15-5-3-12(17)7-13(15)18/h2-8H,9H2,1H3,(H3,19,21,22). The topological polar surface area (TPSA) is 85.9 Å². The number of rotatable bonds is 6. The van der Waals surface area contributed by atoms with E-state index in [1.807, 2.05) is 6.07 Å². The number of methoxy groups -OCH3 is 1. The number of benzene rings is 2. The molecule has 2 rings (SSSR count). The smallest absolute Gasteiger partial charge is 0.332 e. The van der Waals surface area contributed by atoms with E-state index in [1.54, 1.807) is 37.4 Å². The number of ether oxygens (including phenoxy) is 2. The lowest BCUT2D eigenvalue weighted by molar-refractivity contribution is 0.249. The molecule has 0 saturated heterocycles. The molecule has 24 heavy (non-hydrogen) atoms. The number of primary amides is 1. The van der Waals surface area contributed by atoms with E-state index >= 15 is 0 Å². The van der Waals surface area contributed by atoms with Crippen molar-refractivity contribution in [3.63, 3.8) is 0 Å². The largest absolute Gasteiger partial charge is 0.496 e. The highest BCUT2D eigenvalue weighted by molar-refractivity contribution is 6.35. The maximum absolute atomic E-state index is 10.6. The normalized spacial score (nSPS) is 10.6. The highest BCUT2D eigenvalue weighted by atomic mass is 35.5. The maximum atomic E-state index is 10.6. The van der Waals surface area contributed by atoms with Crippen LogP contribution in [0.3, 0.4) is 0 Å². The molecule has 3 N–H and O–H groups in total. The average molecular weight is 368 g/mol. The van der Waals surface area contributed by atoms with Crippen molar-refractivity contribution in [1.82, 2.24) is 5.43 Å². The summed E-state index contributed by atoms with van der Waals surface area (Å²) in [5, 5.41) is 4.67. The van der Waals surface area contributed by atoms with Crippen molar-refractivity contribution >= 4 is 35.4 Å². The van der Waals surface area contributed by atoms with Crippen LogP contribution in [0, 0.1) is 0 Å². The Bertz CT molecular complexity index is 766. The molecule has 0 fully saturated rings. The monoisotopic (exact) mass is 367 g/mol. The van der Waals surface area contributed by atoms with Gasteiger partial charge < -0.3 is 15.2 Å². The number of nitrogens with one attached hydrogen (secondary N) is 1. The molecule has 0 aromatic heterocycles. The van der Waals surface area contributed by atoms with Crippen molar-refractivity contribution in [2.45, 2.75) is 6.61 Å². The molecule has 0 aliphatic heterocycles. The van der Waals surface area contributed by atoms with Crippen LogP contribution in [0.4, 0.5) is 4.79 Å². The van der Waals surface area contributed by atoms with Crippen molar-refractivity contribution in [1.29, 1.82) is 0 Å². The molecule has 8 heteroatoms. The number of hydrogen-bond donors (Lipinski definition) is 2. The van der Waals surface area contributed by atoms with E-state index < -0.39 is 6.03 Å². The number of nitrogens with two attached hydrogens (primary N) is 1. The Hall–Kier alpha value is -2.44. The van der Waals surface area contributed by atoms with Gasteiger partial charge in [0.15, 0.2) is 0 Å². The predicted octanol–water partition coefficient (Wildman–Crippen LogP) is 3.58. The highest BCUT2D eigenvalue weighted by Gasteiger charge is 2.07. The summed E-state index contributed by atoms with van der Waals surface area (Å²) in [6.07, 6.45) is 1.46. The molecule has 6 nitrogen and oxygen atoms in total. The minimum absolute atomic E-state index is 0.232. The van der Waals surface area contributed by atoms with Crippen LogP contribution < -0.4 is 20.6 Å². The van der Waals surface area contributed by atoms with Crippen LogP contribution in [0.2, 0.25) is 10.0 Å². The number of hydrogen-bond acceptors (Lipinski definition) is 4. The first-order valence-electron chi connectivity index (χ1n) is 6.83. The molecule has 0 spiro atoms. The summed E-state index contributed by atoms with van der Waals surface area (Å²) >= 11 is 11.9. The Morgan fingerprint density at radius 2 is 2.00 bits per heavy atom. The van der Waals surface area contributed by atoms with E-state index in [1.165, 1.54) is 6.21 Å². The summed E-state index contributed by atoms with van der Waals surface area (Å²) < 4.78 is 11.0. The molecule has 0 bridgehead atoms. The molecule has 2 amide bonds. The van der Waals surface area contributed by atoms with E-state index in [0.717, 1.165) is 11.1 Å². The number of nitrogens with zero attached hydrogens (tertiary/aromatic N) is 1. The highest BCUT2D eigenvalue weighted by Crippen LogP contribution is 2.29. The number of urea groups is 1. The second-order valence-corrected chi connectivity index (χ2v) is 5.51. The van der Waals surface area contributed by atoms with Crippen molar-refractivity contribution in [3.05, 3.63) is 57.6 Å². The van der Waals surface area contributed by atoms with Gasteiger partial charge in [0.25, 0.3) is 0 Å². The number of halogens is 2.